The van der Waals surface area contributed by atoms with Gasteiger partial charge in [-0.25, -0.2) is 4.39 Å². The van der Waals surface area contributed by atoms with E-state index >= 15 is 0 Å². The summed E-state index contributed by atoms with van der Waals surface area (Å²) in [6, 6.07) is 15.3. The number of carbonyl (C=O) groups excluding carboxylic acids is 1. The normalized spacial score (nSPS) is 11.4. The molecule has 5 heteroatoms. The van der Waals surface area contributed by atoms with Crippen molar-refractivity contribution in [2.45, 2.75) is 32.7 Å². The van der Waals surface area contributed by atoms with E-state index in [1.54, 1.807) is 18.2 Å². The number of carbonyl (C=O) groups is 1. The zero-order valence-corrected chi connectivity index (χ0v) is 15.0. The number of halogens is 1. The highest BCUT2D eigenvalue weighted by Crippen LogP contribution is 2.22. The van der Waals surface area contributed by atoms with Crippen molar-refractivity contribution in [3.05, 3.63) is 77.2 Å². The summed E-state index contributed by atoms with van der Waals surface area (Å²) in [4.78, 5) is 12.3. The van der Waals surface area contributed by atoms with Gasteiger partial charge in [-0.2, -0.15) is 0 Å². The number of amides is 1. The van der Waals surface area contributed by atoms with Crippen LogP contribution in [0.1, 0.15) is 42.4 Å². The number of hydrogen-bond donors (Lipinski definition) is 1. The van der Waals surface area contributed by atoms with Crippen molar-refractivity contribution in [2.24, 2.45) is 0 Å². The Morgan fingerprint density at radius 1 is 1.08 bits per heavy atom. The zero-order chi connectivity index (χ0) is 18.7. The molecule has 4 nitrogen and oxygen atoms in total. The average molecular weight is 352 g/mol. The Hall–Kier alpha value is -2.95. The van der Waals surface area contributed by atoms with Crippen molar-refractivity contribution >= 4 is 5.91 Å². The predicted molar refractivity (Wildman–Crippen MR) is 98.2 cm³/mol. The number of benzene rings is 2. The quantitative estimate of drug-likeness (QED) is 0.740. The van der Waals surface area contributed by atoms with Gasteiger partial charge in [0.05, 0.1) is 6.54 Å². The summed E-state index contributed by atoms with van der Waals surface area (Å²) in [6.07, 6.45) is 0. The molecule has 0 atom stereocenters. The molecule has 0 aliphatic heterocycles. The van der Waals surface area contributed by atoms with Crippen molar-refractivity contribution in [3.63, 3.8) is 0 Å². The van der Waals surface area contributed by atoms with Gasteiger partial charge in [-0.3, -0.25) is 4.79 Å². The molecule has 0 aliphatic carbocycles. The lowest BCUT2D eigenvalue weighted by Crippen LogP contribution is -2.23. The molecule has 3 rings (SSSR count). The zero-order valence-electron chi connectivity index (χ0n) is 15.0. The van der Waals surface area contributed by atoms with Gasteiger partial charge in [0.2, 0.25) is 0 Å². The van der Waals surface area contributed by atoms with Gasteiger partial charge in [0, 0.05) is 17.2 Å². The second-order valence-electron chi connectivity index (χ2n) is 7.20. The fraction of sp³-hybridized carbons (Fsp3) is 0.238. The molecule has 1 N–H and O–H groups in total. The molecule has 1 heterocycles. The first-order valence-electron chi connectivity index (χ1n) is 8.43. The molecule has 0 unspecified atom stereocenters. The van der Waals surface area contributed by atoms with Crippen LogP contribution in [0.15, 0.2) is 59.1 Å². The molecular weight excluding hydrogens is 331 g/mol. The lowest BCUT2D eigenvalue weighted by atomic mass is 9.87. The Morgan fingerprint density at radius 3 is 2.35 bits per heavy atom. The van der Waals surface area contributed by atoms with E-state index in [0.717, 1.165) is 5.56 Å². The molecule has 0 saturated heterocycles. The number of nitrogens with zero attached hydrogens (tertiary/aromatic N) is 1. The van der Waals surface area contributed by atoms with Crippen molar-refractivity contribution in [1.29, 1.82) is 0 Å². The van der Waals surface area contributed by atoms with E-state index in [1.807, 2.05) is 24.3 Å². The molecule has 0 radical (unpaired) electrons. The Balaban J connectivity index is 1.62. The molecular formula is C21H21FN2O2. The van der Waals surface area contributed by atoms with Crippen molar-refractivity contribution in [2.75, 3.05) is 0 Å². The lowest BCUT2D eigenvalue weighted by Gasteiger charge is -2.19. The summed E-state index contributed by atoms with van der Waals surface area (Å²) in [5.41, 5.74) is 3.15. The summed E-state index contributed by atoms with van der Waals surface area (Å²) in [7, 11) is 0. The van der Waals surface area contributed by atoms with E-state index in [9.17, 15) is 9.18 Å². The van der Waals surface area contributed by atoms with Gasteiger partial charge in [0.15, 0.2) is 5.76 Å². The minimum absolute atomic E-state index is 0.0481. The fourth-order valence-corrected chi connectivity index (χ4v) is 2.54. The maximum atomic E-state index is 13.0. The van der Waals surface area contributed by atoms with E-state index in [0.29, 0.717) is 17.0 Å². The standard InChI is InChI=1S/C21H21FN2O2/c1-21(2,3)16-8-4-15(5-9-16)20(25)23-13-18-12-19(26-24-18)14-6-10-17(22)11-7-14/h4-12H,13H2,1-3H3,(H,23,25). The van der Waals surface area contributed by atoms with E-state index in [-0.39, 0.29) is 23.7 Å². The number of aromatic nitrogens is 1. The maximum Gasteiger partial charge on any atom is 0.251 e. The minimum Gasteiger partial charge on any atom is -0.356 e. The van der Waals surface area contributed by atoms with Crippen LogP contribution in [0.5, 0.6) is 0 Å². The van der Waals surface area contributed by atoms with Gasteiger partial charge in [-0.05, 0) is 47.4 Å². The van der Waals surface area contributed by atoms with Gasteiger partial charge in [0.1, 0.15) is 11.5 Å². The summed E-state index contributed by atoms with van der Waals surface area (Å²) < 4.78 is 18.2. The molecule has 1 aromatic heterocycles. The van der Waals surface area contributed by atoms with Gasteiger partial charge < -0.3 is 9.84 Å². The second kappa shape index (κ2) is 7.12. The molecule has 3 aromatic rings. The number of rotatable bonds is 4. The molecule has 2 aromatic carbocycles. The second-order valence-corrected chi connectivity index (χ2v) is 7.20. The average Bonchev–Trinajstić information content (AvgIpc) is 3.08. The van der Waals surface area contributed by atoms with Crippen LogP contribution in [0.4, 0.5) is 4.39 Å². The summed E-state index contributed by atoms with van der Waals surface area (Å²) in [5, 5.41) is 6.77. The van der Waals surface area contributed by atoms with Crippen LogP contribution in [0.2, 0.25) is 0 Å². The van der Waals surface area contributed by atoms with E-state index < -0.39 is 0 Å². The lowest BCUT2D eigenvalue weighted by molar-refractivity contribution is 0.0950. The fourth-order valence-electron chi connectivity index (χ4n) is 2.54. The molecule has 134 valence electrons. The highest BCUT2D eigenvalue weighted by Gasteiger charge is 2.14. The van der Waals surface area contributed by atoms with E-state index in [1.165, 1.54) is 17.7 Å². The highest BCUT2D eigenvalue weighted by molar-refractivity contribution is 5.94. The number of hydrogen-bond acceptors (Lipinski definition) is 3. The van der Waals surface area contributed by atoms with Crippen LogP contribution >= 0.6 is 0 Å². The molecule has 0 aliphatic rings. The first-order valence-corrected chi connectivity index (χ1v) is 8.43. The Morgan fingerprint density at radius 2 is 1.73 bits per heavy atom. The predicted octanol–water partition coefficient (Wildman–Crippen LogP) is 4.71. The molecule has 1 amide bonds. The number of nitrogens with one attached hydrogen (secondary N) is 1. The molecule has 0 saturated carbocycles. The molecule has 26 heavy (non-hydrogen) atoms. The molecule has 0 bridgehead atoms. The summed E-state index contributed by atoms with van der Waals surface area (Å²) >= 11 is 0. The van der Waals surface area contributed by atoms with E-state index in [2.05, 4.69) is 31.2 Å². The molecule has 0 fully saturated rings. The van der Waals surface area contributed by atoms with Gasteiger partial charge >= 0.3 is 0 Å². The third kappa shape index (κ3) is 4.17. The van der Waals surface area contributed by atoms with Crippen molar-refractivity contribution in [3.8, 4) is 11.3 Å². The first-order chi connectivity index (χ1) is 12.3. The first kappa shape index (κ1) is 17.9. The van der Waals surface area contributed by atoms with E-state index in [4.69, 9.17) is 4.52 Å². The van der Waals surface area contributed by atoms with Crippen molar-refractivity contribution in [1.82, 2.24) is 10.5 Å². The maximum absolute atomic E-state index is 13.0. The Bertz CT molecular complexity index is 891. The topological polar surface area (TPSA) is 55.1 Å². The highest BCUT2D eigenvalue weighted by atomic mass is 19.1. The monoisotopic (exact) mass is 352 g/mol. The van der Waals surface area contributed by atoms with Crippen LogP contribution in [-0.2, 0) is 12.0 Å². The van der Waals surface area contributed by atoms with Crippen LogP contribution in [0, 0.1) is 5.82 Å². The largest absolute Gasteiger partial charge is 0.356 e. The van der Waals surface area contributed by atoms with Crippen LogP contribution < -0.4 is 5.32 Å². The van der Waals surface area contributed by atoms with Gasteiger partial charge in [-0.15, -0.1) is 0 Å². The van der Waals surface area contributed by atoms with Gasteiger partial charge in [-0.1, -0.05) is 38.1 Å². The SMILES string of the molecule is CC(C)(C)c1ccc(C(=O)NCc2cc(-c3ccc(F)cc3)on2)cc1. The Labute approximate surface area is 152 Å². The summed E-state index contributed by atoms with van der Waals surface area (Å²) in [5.74, 6) is 0.0544. The summed E-state index contributed by atoms with van der Waals surface area (Å²) in [6.45, 7) is 6.65. The minimum atomic E-state index is -0.307. The van der Waals surface area contributed by atoms with Gasteiger partial charge in [0.25, 0.3) is 5.91 Å². The molecule has 0 spiro atoms. The van der Waals surface area contributed by atoms with Crippen LogP contribution in [0.25, 0.3) is 11.3 Å². The third-order valence-electron chi connectivity index (χ3n) is 4.13. The third-order valence-corrected chi connectivity index (χ3v) is 4.13. The smallest absolute Gasteiger partial charge is 0.251 e. The van der Waals surface area contributed by atoms with Crippen LogP contribution in [-0.4, -0.2) is 11.1 Å². The van der Waals surface area contributed by atoms with Crippen molar-refractivity contribution < 1.29 is 13.7 Å². The van der Waals surface area contributed by atoms with Crippen LogP contribution in [0.3, 0.4) is 0 Å². The Kier molecular flexibility index (Phi) is 4.89.